The summed E-state index contributed by atoms with van der Waals surface area (Å²) in [6.07, 6.45) is 3.68. The summed E-state index contributed by atoms with van der Waals surface area (Å²) in [6.45, 7) is 3.62. The first kappa shape index (κ1) is 17.4. The Kier molecular flexibility index (Phi) is 3.84. The minimum Gasteiger partial charge on any atom is -0.279 e. The molecule has 1 saturated carbocycles. The monoisotopic (exact) mass is 399 g/mol. The van der Waals surface area contributed by atoms with Gasteiger partial charge in [0.1, 0.15) is 23.5 Å². The Morgan fingerprint density at radius 2 is 1.82 bits per heavy atom. The van der Waals surface area contributed by atoms with E-state index in [0.29, 0.717) is 27.9 Å². The predicted octanol–water partition coefficient (Wildman–Crippen LogP) is 4.69. The fraction of sp³-hybridized carbons (Fsp3) is 0.300. The summed E-state index contributed by atoms with van der Waals surface area (Å²) in [7, 11) is 0. The Hall–Kier alpha value is -2.67. The zero-order chi connectivity index (χ0) is 19.6. The zero-order valence-electron chi connectivity index (χ0n) is 15.2. The highest BCUT2D eigenvalue weighted by Gasteiger charge is 2.35. The molecule has 1 fully saturated rings. The molecule has 8 heteroatoms. The molecule has 3 heterocycles. The number of aryl methyl sites for hydroxylation is 1. The van der Waals surface area contributed by atoms with Gasteiger partial charge in [0.05, 0.1) is 33.9 Å². The molecule has 3 aromatic rings. The Bertz CT molecular complexity index is 1130. The van der Waals surface area contributed by atoms with Gasteiger partial charge in [-0.3, -0.25) is 14.5 Å². The average molecular weight is 400 g/mol. The van der Waals surface area contributed by atoms with Crippen molar-refractivity contribution in [3.05, 3.63) is 69.5 Å². The van der Waals surface area contributed by atoms with Gasteiger partial charge in [0, 0.05) is 11.5 Å². The molecule has 0 bridgehead atoms. The minimum absolute atomic E-state index is 0.178. The zero-order valence-corrected chi connectivity index (χ0v) is 16.0. The maximum absolute atomic E-state index is 14.7. The summed E-state index contributed by atoms with van der Waals surface area (Å²) >= 11 is 6.77. The van der Waals surface area contributed by atoms with Crippen LogP contribution in [-0.2, 0) is 0 Å². The number of aromatic nitrogens is 4. The summed E-state index contributed by atoms with van der Waals surface area (Å²) in [5.74, 6) is 0.0964. The van der Waals surface area contributed by atoms with Crippen LogP contribution in [0.15, 0.2) is 29.4 Å². The summed E-state index contributed by atoms with van der Waals surface area (Å²) in [5, 5.41) is 8.75. The van der Waals surface area contributed by atoms with E-state index in [2.05, 4.69) is 20.2 Å². The van der Waals surface area contributed by atoms with Crippen molar-refractivity contribution >= 4 is 17.3 Å². The van der Waals surface area contributed by atoms with Gasteiger partial charge in [-0.15, -0.1) is 10.2 Å². The number of fused-ring (bicyclic) bond motifs is 3. The second-order valence-electron chi connectivity index (χ2n) is 7.18. The first-order valence-electron chi connectivity index (χ1n) is 9.10. The van der Waals surface area contributed by atoms with Gasteiger partial charge < -0.3 is 0 Å². The lowest BCUT2D eigenvalue weighted by molar-refractivity contribution is 0.578. The highest BCUT2D eigenvalue weighted by molar-refractivity contribution is 6.37. The van der Waals surface area contributed by atoms with Gasteiger partial charge in [0.2, 0.25) is 0 Å². The number of nitrogens with zero attached hydrogens (tertiary/aromatic N) is 5. The number of aliphatic imine (C=N–C) groups is 1. The van der Waals surface area contributed by atoms with Gasteiger partial charge in [-0.05, 0) is 38.8 Å². The summed E-state index contributed by atoms with van der Waals surface area (Å²) < 4.78 is 31.2. The first-order chi connectivity index (χ1) is 13.5. The van der Waals surface area contributed by atoms with Gasteiger partial charge in [0.25, 0.3) is 0 Å². The van der Waals surface area contributed by atoms with Gasteiger partial charge in [0.15, 0.2) is 5.82 Å². The molecule has 0 saturated heterocycles. The van der Waals surface area contributed by atoms with Crippen LogP contribution in [0.5, 0.6) is 0 Å². The number of pyridine rings is 1. The van der Waals surface area contributed by atoms with Crippen LogP contribution in [0.3, 0.4) is 0 Å². The SMILES string of the molecule is Cc1nnc2n1-c1cnc(C3CC3)c(Cl)c1C(c1c(F)cccc1F)=N[C@H]2C. The number of hydrogen-bond acceptors (Lipinski definition) is 4. The Morgan fingerprint density at radius 3 is 2.50 bits per heavy atom. The molecule has 28 heavy (non-hydrogen) atoms. The topological polar surface area (TPSA) is 56.0 Å². The fourth-order valence-corrected chi connectivity index (χ4v) is 4.09. The van der Waals surface area contributed by atoms with E-state index in [9.17, 15) is 8.78 Å². The Morgan fingerprint density at radius 1 is 1.11 bits per heavy atom. The number of hydrogen-bond donors (Lipinski definition) is 0. The molecule has 0 radical (unpaired) electrons. The van der Waals surface area contributed by atoms with Crippen molar-refractivity contribution in [2.24, 2.45) is 4.99 Å². The van der Waals surface area contributed by atoms with Crippen LogP contribution < -0.4 is 0 Å². The van der Waals surface area contributed by atoms with Crippen molar-refractivity contribution in [1.29, 1.82) is 0 Å². The van der Waals surface area contributed by atoms with Crippen molar-refractivity contribution in [3.8, 4) is 5.69 Å². The molecule has 1 atom stereocenters. The normalized spacial score (nSPS) is 18.3. The minimum atomic E-state index is -0.688. The van der Waals surface area contributed by atoms with Crippen LogP contribution in [0.2, 0.25) is 5.02 Å². The predicted molar refractivity (Wildman–Crippen MR) is 101 cm³/mol. The van der Waals surface area contributed by atoms with Gasteiger partial charge in [-0.2, -0.15) is 0 Å². The molecule has 1 aromatic carbocycles. The molecule has 2 aliphatic rings. The molecule has 0 unspecified atom stereocenters. The van der Waals surface area contributed by atoms with E-state index in [1.54, 1.807) is 6.20 Å². The third-order valence-electron chi connectivity index (χ3n) is 5.21. The van der Waals surface area contributed by atoms with Crippen molar-refractivity contribution in [3.63, 3.8) is 0 Å². The second kappa shape index (κ2) is 6.17. The summed E-state index contributed by atoms with van der Waals surface area (Å²) in [4.78, 5) is 9.21. The molecular formula is C20H16ClF2N5. The maximum atomic E-state index is 14.7. The molecule has 0 N–H and O–H groups in total. The van der Waals surface area contributed by atoms with Crippen molar-refractivity contribution in [1.82, 2.24) is 19.7 Å². The van der Waals surface area contributed by atoms with E-state index in [4.69, 9.17) is 11.6 Å². The molecular weight excluding hydrogens is 384 g/mol. The number of halogens is 3. The van der Waals surface area contributed by atoms with E-state index in [1.807, 2.05) is 18.4 Å². The smallest absolute Gasteiger partial charge is 0.162 e. The lowest BCUT2D eigenvalue weighted by Gasteiger charge is -2.16. The molecule has 2 aromatic heterocycles. The highest BCUT2D eigenvalue weighted by Crippen LogP contribution is 2.45. The van der Waals surface area contributed by atoms with Crippen molar-refractivity contribution in [2.75, 3.05) is 0 Å². The lowest BCUT2D eigenvalue weighted by Crippen LogP contribution is -2.14. The third kappa shape index (κ3) is 2.49. The summed E-state index contributed by atoms with van der Waals surface area (Å²) in [6, 6.07) is 3.30. The van der Waals surface area contributed by atoms with E-state index in [0.717, 1.165) is 18.5 Å². The molecule has 142 valence electrons. The average Bonchev–Trinajstić information content (AvgIpc) is 3.43. The molecule has 5 rings (SSSR count). The largest absolute Gasteiger partial charge is 0.279 e. The van der Waals surface area contributed by atoms with Crippen LogP contribution >= 0.6 is 11.6 Å². The van der Waals surface area contributed by atoms with Gasteiger partial charge in [-0.1, -0.05) is 17.7 Å². The highest BCUT2D eigenvalue weighted by atomic mass is 35.5. The van der Waals surface area contributed by atoms with E-state index in [1.165, 1.54) is 18.2 Å². The molecule has 0 spiro atoms. The Balaban J connectivity index is 1.88. The third-order valence-corrected chi connectivity index (χ3v) is 5.60. The number of rotatable bonds is 2. The van der Waals surface area contributed by atoms with E-state index < -0.39 is 17.7 Å². The van der Waals surface area contributed by atoms with Gasteiger partial charge in [-0.25, -0.2) is 8.78 Å². The standard InChI is InChI=1S/C20H16ClF2N5/c1-9-20-27-26-10(2)28(20)14-8-24-18(11-6-7-11)17(21)16(14)19(25-9)15-12(22)4-3-5-13(15)23/h3-5,8-9,11H,6-7H2,1-2H3/t9-/m0/s1. The molecule has 1 aliphatic heterocycles. The molecule has 0 amide bonds. The number of benzene rings is 1. The van der Waals surface area contributed by atoms with Crippen LogP contribution in [0.4, 0.5) is 8.78 Å². The molecule has 5 nitrogen and oxygen atoms in total. The van der Waals surface area contributed by atoms with Crippen LogP contribution in [-0.4, -0.2) is 25.5 Å². The fourth-order valence-electron chi connectivity index (χ4n) is 3.71. The van der Waals surface area contributed by atoms with E-state index in [-0.39, 0.29) is 17.2 Å². The van der Waals surface area contributed by atoms with Crippen LogP contribution in [0.1, 0.15) is 60.2 Å². The van der Waals surface area contributed by atoms with Crippen LogP contribution in [0, 0.1) is 18.6 Å². The summed E-state index contributed by atoms with van der Waals surface area (Å²) in [5.41, 5.74) is 1.78. The first-order valence-corrected chi connectivity index (χ1v) is 9.48. The molecule has 1 aliphatic carbocycles. The second-order valence-corrected chi connectivity index (χ2v) is 7.56. The maximum Gasteiger partial charge on any atom is 0.162 e. The van der Waals surface area contributed by atoms with Crippen molar-refractivity contribution in [2.45, 2.75) is 38.6 Å². The Labute approximate surface area is 165 Å². The lowest BCUT2D eigenvalue weighted by atomic mass is 9.98. The van der Waals surface area contributed by atoms with E-state index >= 15 is 0 Å². The van der Waals surface area contributed by atoms with Gasteiger partial charge >= 0.3 is 0 Å². The quantitative estimate of drug-likeness (QED) is 0.628. The van der Waals surface area contributed by atoms with Crippen LogP contribution in [0.25, 0.3) is 5.69 Å². The van der Waals surface area contributed by atoms with Crippen molar-refractivity contribution < 1.29 is 8.78 Å².